The summed E-state index contributed by atoms with van der Waals surface area (Å²) >= 11 is 0. The Kier molecular flexibility index (Phi) is 6.45. The quantitative estimate of drug-likeness (QED) is 0.607. The van der Waals surface area contributed by atoms with Gasteiger partial charge in [0.2, 0.25) is 0 Å². The molecule has 0 spiro atoms. The van der Waals surface area contributed by atoms with E-state index in [0.717, 1.165) is 61.9 Å². The first-order valence-electron chi connectivity index (χ1n) is 10.2. The molecule has 5 heteroatoms. The van der Waals surface area contributed by atoms with E-state index in [-0.39, 0.29) is 24.1 Å². The Labute approximate surface area is 167 Å². The number of unbranched alkanes of at least 4 members (excludes halogenated alkanes) is 2. The first kappa shape index (κ1) is 20.1. The van der Waals surface area contributed by atoms with Crippen molar-refractivity contribution in [2.24, 2.45) is 0 Å². The van der Waals surface area contributed by atoms with E-state index in [4.69, 9.17) is 0 Å². The van der Waals surface area contributed by atoms with Crippen molar-refractivity contribution in [2.45, 2.75) is 52.5 Å². The third-order valence-corrected chi connectivity index (χ3v) is 5.39. The second kappa shape index (κ2) is 9.00. The molecule has 0 radical (unpaired) electrons. The predicted octanol–water partition coefficient (Wildman–Crippen LogP) is 4.72. The minimum absolute atomic E-state index is 0.0565. The fourth-order valence-electron chi connectivity index (χ4n) is 3.61. The van der Waals surface area contributed by atoms with Crippen molar-refractivity contribution in [2.75, 3.05) is 13.1 Å². The molecule has 0 saturated carbocycles. The number of carbonyl (C=O) groups excluding carboxylic acids is 1. The van der Waals surface area contributed by atoms with Crippen LogP contribution in [0, 0.1) is 6.92 Å². The maximum Gasteiger partial charge on any atom is 0.317 e. The monoisotopic (exact) mass is 382 g/mol. The van der Waals surface area contributed by atoms with Crippen LogP contribution in [0.4, 0.5) is 4.79 Å². The number of amides is 2. The summed E-state index contributed by atoms with van der Waals surface area (Å²) in [5.74, 6) is 0.133. The average molecular weight is 383 g/mol. The van der Waals surface area contributed by atoms with Crippen molar-refractivity contribution >= 4 is 6.03 Å². The lowest BCUT2D eigenvalue weighted by Crippen LogP contribution is -2.47. The lowest BCUT2D eigenvalue weighted by Gasteiger charge is -2.31. The molecule has 0 aromatic heterocycles. The molecule has 2 aromatic rings. The van der Waals surface area contributed by atoms with Gasteiger partial charge < -0.3 is 20.4 Å². The largest absolute Gasteiger partial charge is 0.507 e. The molecule has 0 unspecified atom stereocenters. The molecule has 1 heterocycles. The van der Waals surface area contributed by atoms with Crippen molar-refractivity contribution in [3.63, 3.8) is 0 Å². The number of hydrogen-bond donors (Lipinski definition) is 3. The lowest BCUT2D eigenvalue weighted by atomic mass is 9.93. The zero-order valence-electron chi connectivity index (χ0n) is 16.8. The standard InChI is InChI=1S/C23H30N2O3/c1-3-4-5-9-17-14-20(26)21(18-10-6-8-16(2)13-18)22(27)19(17)15-24-23(28)25-11-7-12-25/h6,8,10,13-14,26-27H,3-5,7,9,11-12,15H2,1-2H3,(H,24,28). The Balaban J connectivity index is 1.94. The van der Waals surface area contributed by atoms with Gasteiger partial charge in [-0.1, -0.05) is 49.6 Å². The van der Waals surface area contributed by atoms with Gasteiger partial charge in [-0.25, -0.2) is 4.79 Å². The smallest absolute Gasteiger partial charge is 0.317 e. The molecule has 3 N–H and O–H groups in total. The SMILES string of the molecule is CCCCCc1cc(O)c(-c2cccc(C)c2)c(O)c1CNC(=O)N1CCC1. The molecule has 0 bridgehead atoms. The summed E-state index contributed by atoms with van der Waals surface area (Å²) in [4.78, 5) is 14.0. The van der Waals surface area contributed by atoms with Crippen molar-refractivity contribution in [3.8, 4) is 22.6 Å². The molecule has 0 atom stereocenters. The second-order valence-electron chi connectivity index (χ2n) is 7.58. The Hall–Kier alpha value is -2.69. The van der Waals surface area contributed by atoms with Gasteiger partial charge in [-0.05, 0) is 43.4 Å². The maximum absolute atomic E-state index is 12.2. The molecule has 0 aliphatic carbocycles. The molecule has 150 valence electrons. The van der Waals surface area contributed by atoms with E-state index in [1.54, 1.807) is 11.0 Å². The van der Waals surface area contributed by atoms with Gasteiger partial charge in [0.05, 0.1) is 5.56 Å². The van der Waals surface area contributed by atoms with Crippen LogP contribution in [-0.4, -0.2) is 34.2 Å². The molecular formula is C23H30N2O3. The fourth-order valence-corrected chi connectivity index (χ4v) is 3.61. The van der Waals surface area contributed by atoms with Crippen LogP contribution in [-0.2, 0) is 13.0 Å². The van der Waals surface area contributed by atoms with Crippen LogP contribution in [0.3, 0.4) is 0 Å². The van der Waals surface area contributed by atoms with Gasteiger partial charge in [0.25, 0.3) is 0 Å². The number of likely N-dealkylation sites (tertiary alicyclic amines) is 1. The van der Waals surface area contributed by atoms with Crippen LogP contribution < -0.4 is 5.32 Å². The summed E-state index contributed by atoms with van der Waals surface area (Å²) in [7, 11) is 0. The van der Waals surface area contributed by atoms with E-state index in [2.05, 4.69) is 12.2 Å². The molecule has 2 amide bonds. The molecule has 1 fully saturated rings. The lowest BCUT2D eigenvalue weighted by molar-refractivity contribution is 0.167. The number of nitrogens with one attached hydrogen (secondary N) is 1. The summed E-state index contributed by atoms with van der Waals surface area (Å²) in [6.07, 6.45) is 4.96. The van der Waals surface area contributed by atoms with Crippen molar-refractivity contribution in [3.05, 3.63) is 47.0 Å². The van der Waals surface area contributed by atoms with Gasteiger partial charge in [0.15, 0.2) is 0 Å². The molecule has 5 nitrogen and oxygen atoms in total. The van der Waals surface area contributed by atoms with E-state index >= 15 is 0 Å². The number of phenolic OH excluding ortho intramolecular Hbond substituents is 2. The normalized spacial score (nSPS) is 13.3. The Bertz CT molecular complexity index is 844. The van der Waals surface area contributed by atoms with E-state index in [0.29, 0.717) is 11.1 Å². The van der Waals surface area contributed by atoms with Crippen LogP contribution >= 0.6 is 0 Å². The van der Waals surface area contributed by atoms with Gasteiger partial charge in [0, 0.05) is 25.2 Å². The highest BCUT2D eigenvalue weighted by Gasteiger charge is 2.22. The number of benzene rings is 2. The minimum atomic E-state index is -0.102. The van der Waals surface area contributed by atoms with Gasteiger partial charge in [-0.15, -0.1) is 0 Å². The number of urea groups is 1. The zero-order valence-corrected chi connectivity index (χ0v) is 16.8. The topological polar surface area (TPSA) is 72.8 Å². The molecule has 28 heavy (non-hydrogen) atoms. The highest BCUT2D eigenvalue weighted by molar-refractivity contribution is 5.80. The number of aromatic hydroxyl groups is 2. The predicted molar refractivity (Wildman–Crippen MR) is 112 cm³/mol. The van der Waals surface area contributed by atoms with E-state index in [1.165, 1.54) is 0 Å². The molecular weight excluding hydrogens is 352 g/mol. The Morgan fingerprint density at radius 3 is 2.61 bits per heavy atom. The summed E-state index contributed by atoms with van der Waals surface area (Å²) in [5, 5.41) is 24.6. The van der Waals surface area contributed by atoms with Gasteiger partial charge >= 0.3 is 6.03 Å². The van der Waals surface area contributed by atoms with Gasteiger partial charge in [0.1, 0.15) is 11.5 Å². The number of aryl methyl sites for hydroxylation is 2. The Morgan fingerprint density at radius 1 is 1.18 bits per heavy atom. The third-order valence-electron chi connectivity index (χ3n) is 5.39. The van der Waals surface area contributed by atoms with Crippen molar-refractivity contribution < 1.29 is 15.0 Å². The summed E-state index contributed by atoms with van der Waals surface area (Å²) in [6, 6.07) is 9.34. The molecule has 1 aliphatic heterocycles. The van der Waals surface area contributed by atoms with E-state index in [1.807, 2.05) is 31.2 Å². The highest BCUT2D eigenvalue weighted by atomic mass is 16.3. The molecule has 3 rings (SSSR count). The Morgan fingerprint density at radius 2 is 1.96 bits per heavy atom. The first-order valence-corrected chi connectivity index (χ1v) is 10.2. The van der Waals surface area contributed by atoms with E-state index in [9.17, 15) is 15.0 Å². The summed E-state index contributed by atoms with van der Waals surface area (Å²) in [5.41, 5.74) is 3.83. The number of nitrogens with zero attached hydrogens (tertiary/aromatic N) is 1. The number of rotatable bonds is 7. The van der Waals surface area contributed by atoms with Crippen LogP contribution in [0.25, 0.3) is 11.1 Å². The third kappa shape index (κ3) is 4.41. The van der Waals surface area contributed by atoms with Gasteiger partial charge in [-0.3, -0.25) is 0 Å². The van der Waals surface area contributed by atoms with Gasteiger partial charge in [-0.2, -0.15) is 0 Å². The van der Waals surface area contributed by atoms with Crippen LogP contribution in [0.5, 0.6) is 11.5 Å². The first-order chi connectivity index (χ1) is 13.5. The number of phenols is 2. The van der Waals surface area contributed by atoms with Crippen LogP contribution in [0.2, 0.25) is 0 Å². The molecule has 1 aliphatic rings. The highest BCUT2D eigenvalue weighted by Crippen LogP contribution is 2.42. The van der Waals surface area contributed by atoms with Crippen LogP contribution in [0.15, 0.2) is 30.3 Å². The number of carbonyl (C=O) groups is 1. The average Bonchev–Trinajstić information content (AvgIpc) is 2.60. The molecule has 2 aromatic carbocycles. The fraction of sp³-hybridized carbons (Fsp3) is 0.435. The zero-order chi connectivity index (χ0) is 20.1. The van der Waals surface area contributed by atoms with Crippen molar-refractivity contribution in [1.82, 2.24) is 10.2 Å². The van der Waals surface area contributed by atoms with E-state index < -0.39 is 0 Å². The van der Waals surface area contributed by atoms with Crippen LogP contribution in [0.1, 0.15) is 49.3 Å². The number of hydrogen-bond acceptors (Lipinski definition) is 3. The minimum Gasteiger partial charge on any atom is -0.507 e. The molecule has 1 saturated heterocycles. The summed E-state index contributed by atoms with van der Waals surface area (Å²) < 4.78 is 0. The maximum atomic E-state index is 12.2. The second-order valence-corrected chi connectivity index (χ2v) is 7.58. The summed E-state index contributed by atoms with van der Waals surface area (Å²) in [6.45, 7) is 5.94. The van der Waals surface area contributed by atoms with Crippen molar-refractivity contribution in [1.29, 1.82) is 0 Å².